The van der Waals surface area contributed by atoms with Crippen LogP contribution < -0.4 is 14.8 Å². The van der Waals surface area contributed by atoms with Crippen molar-refractivity contribution in [1.82, 2.24) is 5.32 Å². The number of carbonyl (C=O) groups excluding carboxylic acids is 1. The molecule has 1 amide bonds. The number of nitro benzene ring substituents is 2. The van der Waals surface area contributed by atoms with Gasteiger partial charge in [0.05, 0.1) is 35.7 Å². The lowest BCUT2D eigenvalue weighted by molar-refractivity contribution is -0.385. The molecular weight excluding hydrogens is 382 g/mol. The number of nitro groups is 2. The Balaban J connectivity index is 2.05. The second-order valence-electron chi connectivity index (χ2n) is 5.78. The highest BCUT2D eigenvalue weighted by Crippen LogP contribution is 2.34. The minimum absolute atomic E-state index is 0.113. The predicted octanol–water partition coefficient (Wildman–Crippen LogP) is 2.89. The first-order valence-corrected chi connectivity index (χ1v) is 8.46. The monoisotopic (exact) mass is 401 g/mol. The molecule has 0 aliphatic carbocycles. The third-order valence-corrected chi connectivity index (χ3v) is 4.02. The predicted molar refractivity (Wildman–Crippen MR) is 105 cm³/mol. The molecule has 0 aliphatic heterocycles. The fourth-order valence-electron chi connectivity index (χ4n) is 2.62. The number of hydrogen-bond donors (Lipinski definition) is 1. The van der Waals surface area contributed by atoms with Gasteiger partial charge in [-0.1, -0.05) is 12.1 Å². The summed E-state index contributed by atoms with van der Waals surface area (Å²) >= 11 is 0. The summed E-state index contributed by atoms with van der Waals surface area (Å²) < 4.78 is 10.2. The maximum atomic E-state index is 12.0. The highest BCUT2D eigenvalue weighted by Gasteiger charge is 2.19. The number of para-hydroxylation sites is 1. The Morgan fingerprint density at radius 3 is 2.28 bits per heavy atom. The van der Waals surface area contributed by atoms with Crippen molar-refractivity contribution in [3.8, 4) is 11.5 Å². The van der Waals surface area contributed by atoms with Crippen molar-refractivity contribution in [1.29, 1.82) is 0 Å². The van der Waals surface area contributed by atoms with E-state index in [1.54, 1.807) is 6.07 Å². The van der Waals surface area contributed by atoms with E-state index in [0.717, 1.165) is 0 Å². The van der Waals surface area contributed by atoms with E-state index in [4.69, 9.17) is 9.47 Å². The normalized spacial score (nSPS) is 10.6. The van der Waals surface area contributed by atoms with Crippen molar-refractivity contribution in [3.05, 3.63) is 73.8 Å². The molecule has 0 radical (unpaired) electrons. The molecule has 1 N–H and O–H groups in total. The molecule has 2 rings (SSSR count). The van der Waals surface area contributed by atoms with Gasteiger partial charge >= 0.3 is 0 Å². The van der Waals surface area contributed by atoms with E-state index in [1.807, 2.05) is 0 Å². The van der Waals surface area contributed by atoms with Crippen molar-refractivity contribution < 1.29 is 24.1 Å². The average molecular weight is 401 g/mol. The summed E-state index contributed by atoms with van der Waals surface area (Å²) in [6.07, 6.45) is 2.69. The molecule has 0 fully saturated rings. The molecule has 2 aromatic carbocycles. The molecule has 152 valence electrons. The first-order chi connectivity index (χ1) is 13.9. The summed E-state index contributed by atoms with van der Waals surface area (Å²) in [5.41, 5.74) is 0.406. The van der Waals surface area contributed by atoms with Crippen molar-refractivity contribution in [2.45, 2.75) is 6.42 Å². The van der Waals surface area contributed by atoms with Gasteiger partial charge in [-0.2, -0.15) is 0 Å². The minimum atomic E-state index is -0.534. The van der Waals surface area contributed by atoms with Crippen LogP contribution in [0.4, 0.5) is 11.4 Å². The Morgan fingerprint density at radius 1 is 1.03 bits per heavy atom. The number of rotatable bonds is 9. The molecule has 0 bridgehead atoms. The van der Waals surface area contributed by atoms with E-state index >= 15 is 0 Å². The molecule has 0 aliphatic rings. The topological polar surface area (TPSA) is 134 Å². The fraction of sp³-hybridized carbons (Fsp3) is 0.211. The average Bonchev–Trinajstić information content (AvgIpc) is 2.71. The Morgan fingerprint density at radius 2 is 1.66 bits per heavy atom. The van der Waals surface area contributed by atoms with Gasteiger partial charge in [-0.3, -0.25) is 25.0 Å². The van der Waals surface area contributed by atoms with Gasteiger partial charge in [-0.25, -0.2) is 0 Å². The standard InChI is InChI=1S/C19H19N3O7/c1-28-17-11-14(16(22(26)27)12-18(17)29-2)9-10-20-19(23)8-7-13-5-3-4-6-15(13)21(24)25/h3-8,11-12H,9-10H2,1-2H3,(H,20,23)/b8-7+. The number of amides is 1. The van der Waals surface area contributed by atoms with Gasteiger partial charge in [0.25, 0.3) is 11.4 Å². The Labute approximate surface area is 166 Å². The van der Waals surface area contributed by atoms with Gasteiger partial charge in [0.15, 0.2) is 11.5 Å². The molecule has 0 heterocycles. The lowest BCUT2D eigenvalue weighted by atomic mass is 10.1. The van der Waals surface area contributed by atoms with Crippen LogP contribution in [0.15, 0.2) is 42.5 Å². The van der Waals surface area contributed by atoms with Crippen molar-refractivity contribution in [3.63, 3.8) is 0 Å². The lowest BCUT2D eigenvalue weighted by Crippen LogP contribution is -2.23. The van der Waals surface area contributed by atoms with E-state index in [1.165, 1.54) is 56.7 Å². The third kappa shape index (κ3) is 5.51. The van der Waals surface area contributed by atoms with Gasteiger partial charge in [-0.05, 0) is 24.6 Å². The van der Waals surface area contributed by atoms with Crippen LogP contribution in [0.5, 0.6) is 11.5 Å². The Kier molecular flexibility index (Phi) is 7.24. The quantitative estimate of drug-likeness (QED) is 0.388. The summed E-state index contributed by atoms with van der Waals surface area (Å²) in [6, 6.07) is 8.78. The van der Waals surface area contributed by atoms with Crippen LogP contribution >= 0.6 is 0 Å². The maximum Gasteiger partial charge on any atom is 0.276 e. The SMILES string of the molecule is COc1cc(CCNC(=O)/C=C/c2ccccc2[N+](=O)[O-])c([N+](=O)[O-])cc1OC. The molecule has 0 saturated heterocycles. The van der Waals surface area contributed by atoms with Gasteiger partial charge in [0.1, 0.15) is 0 Å². The summed E-state index contributed by atoms with van der Waals surface area (Å²) in [5, 5.41) is 24.9. The lowest BCUT2D eigenvalue weighted by Gasteiger charge is -2.10. The van der Waals surface area contributed by atoms with Crippen LogP contribution in [0.3, 0.4) is 0 Å². The Hall–Kier alpha value is -3.95. The van der Waals surface area contributed by atoms with Gasteiger partial charge in [0.2, 0.25) is 5.91 Å². The maximum absolute atomic E-state index is 12.0. The fourth-order valence-corrected chi connectivity index (χ4v) is 2.62. The third-order valence-electron chi connectivity index (χ3n) is 4.02. The highest BCUT2D eigenvalue weighted by molar-refractivity contribution is 5.92. The number of nitrogens with one attached hydrogen (secondary N) is 1. The van der Waals surface area contributed by atoms with Crippen molar-refractivity contribution in [2.75, 3.05) is 20.8 Å². The van der Waals surface area contributed by atoms with E-state index in [0.29, 0.717) is 16.9 Å². The summed E-state index contributed by atoms with van der Waals surface area (Å²) in [4.78, 5) is 33.2. The first-order valence-electron chi connectivity index (χ1n) is 8.46. The zero-order valence-electron chi connectivity index (χ0n) is 15.8. The van der Waals surface area contributed by atoms with Crippen LogP contribution in [0, 0.1) is 20.2 Å². The summed E-state index contributed by atoms with van der Waals surface area (Å²) in [7, 11) is 2.80. The number of benzene rings is 2. The second kappa shape index (κ2) is 9.83. The van der Waals surface area contributed by atoms with Crippen LogP contribution in [0.25, 0.3) is 6.08 Å². The van der Waals surface area contributed by atoms with Gasteiger partial charge < -0.3 is 14.8 Å². The molecule has 0 spiro atoms. The van der Waals surface area contributed by atoms with E-state index in [-0.39, 0.29) is 30.1 Å². The zero-order chi connectivity index (χ0) is 21.4. The molecule has 0 aromatic heterocycles. The van der Waals surface area contributed by atoms with Crippen molar-refractivity contribution in [2.24, 2.45) is 0 Å². The number of methoxy groups -OCH3 is 2. The number of ether oxygens (including phenoxy) is 2. The minimum Gasteiger partial charge on any atom is -0.493 e. The molecule has 2 aromatic rings. The molecule has 0 saturated carbocycles. The smallest absolute Gasteiger partial charge is 0.276 e. The van der Waals surface area contributed by atoms with Gasteiger partial charge in [0, 0.05) is 24.3 Å². The molecule has 10 heteroatoms. The zero-order valence-corrected chi connectivity index (χ0v) is 15.8. The largest absolute Gasteiger partial charge is 0.493 e. The van der Waals surface area contributed by atoms with E-state index in [9.17, 15) is 25.0 Å². The van der Waals surface area contributed by atoms with Crippen LogP contribution in [0.1, 0.15) is 11.1 Å². The van der Waals surface area contributed by atoms with Crippen molar-refractivity contribution >= 4 is 23.4 Å². The number of nitrogens with zero attached hydrogens (tertiary/aromatic N) is 2. The molecular formula is C19H19N3O7. The molecule has 0 unspecified atom stereocenters. The van der Waals surface area contributed by atoms with E-state index < -0.39 is 15.8 Å². The molecule has 10 nitrogen and oxygen atoms in total. The molecule has 29 heavy (non-hydrogen) atoms. The highest BCUT2D eigenvalue weighted by atomic mass is 16.6. The molecule has 0 atom stereocenters. The first kappa shape index (κ1) is 21.4. The van der Waals surface area contributed by atoms with Crippen LogP contribution in [0.2, 0.25) is 0 Å². The number of carbonyl (C=O) groups is 1. The van der Waals surface area contributed by atoms with E-state index in [2.05, 4.69) is 5.32 Å². The Bertz CT molecular complexity index is 957. The van der Waals surface area contributed by atoms with Crippen LogP contribution in [-0.4, -0.2) is 36.5 Å². The van der Waals surface area contributed by atoms with Crippen LogP contribution in [-0.2, 0) is 11.2 Å². The number of hydrogen-bond acceptors (Lipinski definition) is 7. The van der Waals surface area contributed by atoms with Gasteiger partial charge in [-0.15, -0.1) is 0 Å². The second-order valence-corrected chi connectivity index (χ2v) is 5.78. The summed E-state index contributed by atoms with van der Waals surface area (Å²) in [6.45, 7) is 0.121. The summed E-state index contributed by atoms with van der Waals surface area (Å²) in [5.74, 6) is 0.0985.